The second-order valence-corrected chi connectivity index (χ2v) is 18.1. The Kier molecular flexibility index (Phi) is 12.0. The Hall–Kier alpha value is -4.29. The molecule has 0 radical (unpaired) electrons. The van der Waals surface area contributed by atoms with Crippen molar-refractivity contribution in [1.29, 1.82) is 0 Å². The second kappa shape index (κ2) is 15.1. The van der Waals surface area contributed by atoms with Crippen molar-refractivity contribution < 1.29 is 27.9 Å². The van der Waals surface area contributed by atoms with Gasteiger partial charge in [0.1, 0.15) is 35.2 Å². The minimum absolute atomic E-state index is 0. The number of carbonyl (C=O) groups is 2. The lowest BCUT2D eigenvalue weighted by Gasteiger charge is -2.45. The average Bonchev–Trinajstić information content (AvgIpc) is 3.03. The highest BCUT2D eigenvalue weighted by Gasteiger charge is 2.47. The van der Waals surface area contributed by atoms with E-state index < -0.39 is 20.4 Å². The molecule has 2 heterocycles. The third kappa shape index (κ3) is 7.96. The summed E-state index contributed by atoms with van der Waals surface area (Å²) in [5.41, 5.74) is 15.0. The first kappa shape index (κ1) is 39.1. The molecule has 2 amide bonds. The molecule has 4 atom stereocenters. The van der Waals surface area contributed by atoms with Crippen LogP contribution in [0.3, 0.4) is 0 Å². The summed E-state index contributed by atoms with van der Waals surface area (Å²) >= 11 is 0. The van der Waals surface area contributed by atoms with Crippen LogP contribution in [-0.2, 0) is 9.59 Å². The van der Waals surface area contributed by atoms with Crippen molar-refractivity contribution in [3.05, 3.63) is 120 Å². The standard InChI is InChI=1S/C21H27FN2O2Si.C15H13FN2O2.CH4.ClH/c1-21(2,3)27(4,5)26-17-12-6-14(7-13-17)19-18(23)20(25)24(19)16-10-8-15(22)9-11-16;16-10-3-5-11(6-4-10)18-14(13(17)15(18)20)9-1-7-12(19)8-2-9;;/h6-13,18-19H,23H2,1-5H3;1-8,13-14,19H,17H2;1H4;1H/t18-,19-;13-,14-;;/m11../s1. The van der Waals surface area contributed by atoms with Crippen molar-refractivity contribution in [3.63, 3.8) is 0 Å². The van der Waals surface area contributed by atoms with Gasteiger partial charge in [0.25, 0.3) is 0 Å². The molecule has 4 aromatic carbocycles. The van der Waals surface area contributed by atoms with Gasteiger partial charge in [-0.25, -0.2) is 8.78 Å². The minimum Gasteiger partial charge on any atom is -0.544 e. The molecule has 0 aliphatic carbocycles. The van der Waals surface area contributed by atoms with E-state index >= 15 is 0 Å². The van der Waals surface area contributed by atoms with Crippen LogP contribution in [0.5, 0.6) is 11.5 Å². The van der Waals surface area contributed by atoms with Gasteiger partial charge in [-0.3, -0.25) is 9.59 Å². The Morgan fingerprint density at radius 3 is 1.37 bits per heavy atom. The zero-order chi connectivity index (χ0) is 34.3. The van der Waals surface area contributed by atoms with Crippen molar-refractivity contribution >= 4 is 43.9 Å². The molecule has 2 aliphatic rings. The van der Waals surface area contributed by atoms with E-state index in [-0.39, 0.29) is 66.2 Å². The molecule has 0 aromatic heterocycles. The van der Waals surface area contributed by atoms with Crippen LogP contribution in [0.25, 0.3) is 0 Å². The summed E-state index contributed by atoms with van der Waals surface area (Å²) in [4.78, 5) is 27.4. The number of hydrogen-bond donors (Lipinski definition) is 3. The van der Waals surface area contributed by atoms with Gasteiger partial charge in [-0.15, -0.1) is 12.4 Å². The van der Waals surface area contributed by atoms with Gasteiger partial charge in [-0.1, -0.05) is 52.5 Å². The molecule has 49 heavy (non-hydrogen) atoms. The number of nitrogens with two attached hydrogens (primary N) is 2. The van der Waals surface area contributed by atoms with E-state index in [9.17, 15) is 23.5 Å². The maximum absolute atomic E-state index is 13.2. The van der Waals surface area contributed by atoms with E-state index in [4.69, 9.17) is 15.9 Å². The number of aromatic hydroxyl groups is 1. The SMILES string of the molecule is C.CC(C)(C)[Si](C)(C)Oc1ccc([C@@H]2[C@@H](N)C(=O)N2c2ccc(F)cc2)cc1.Cl.N[C@H]1C(=O)N(c2ccc(F)cc2)[C@@H]1c1ccc(O)cc1. The van der Waals surface area contributed by atoms with Gasteiger partial charge in [-0.2, -0.15) is 0 Å². The van der Waals surface area contributed by atoms with Gasteiger partial charge < -0.3 is 30.8 Å². The number of phenolic OH excluding ortho intramolecular Hbond substituents is 1. The molecule has 2 aliphatic heterocycles. The first-order valence-corrected chi connectivity index (χ1v) is 18.3. The average molecular weight is 711 g/mol. The molecule has 0 saturated carbocycles. The number of nitrogens with zero attached hydrogens (tertiary/aromatic N) is 2. The lowest BCUT2D eigenvalue weighted by molar-refractivity contribution is -0.126. The van der Waals surface area contributed by atoms with Crippen molar-refractivity contribution in [2.45, 2.75) is 70.5 Å². The summed E-state index contributed by atoms with van der Waals surface area (Å²) in [6.45, 7) is 11.0. The largest absolute Gasteiger partial charge is 0.544 e. The highest BCUT2D eigenvalue weighted by Crippen LogP contribution is 2.41. The lowest BCUT2D eigenvalue weighted by atomic mass is 9.88. The number of benzene rings is 4. The fourth-order valence-corrected chi connectivity index (χ4v) is 6.40. The molecule has 0 unspecified atom stereocenters. The van der Waals surface area contributed by atoms with Crippen LogP contribution in [0.4, 0.5) is 20.2 Å². The Bertz CT molecular complexity index is 1740. The third-order valence-electron chi connectivity index (χ3n) is 9.13. The molecule has 0 bridgehead atoms. The molecule has 0 spiro atoms. The molecule has 2 fully saturated rings. The maximum Gasteiger partial charge on any atom is 0.250 e. The number of anilines is 2. The van der Waals surface area contributed by atoms with Crippen molar-refractivity contribution in [1.82, 2.24) is 0 Å². The highest BCUT2D eigenvalue weighted by atomic mass is 35.5. The second-order valence-electron chi connectivity index (χ2n) is 13.3. The van der Waals surface area contributed by atoms with Gasteiger partial charge in [-0.05, 0) is 102 Å². The fraction of sp³-hybridized carbons (Fsp3) is 0.297. The molecule has 5 N–H and O–H groups in total. The lowest BCUT2D eigenvalue weighted by Crippen LogP contribution is -2.63. The number of rotatable bonds is 6. The third-order valence-corrected chi connectivity index (χ3v) is 13.5. The Labute approximate surface area is 294 Å². The smallest absolute Gasteiger partial charge is 0.250 e. The van der Waals surface area contributed by atoms with Crippen LogP contribution in [-0.4, -0.2) is 37.3 Å². The van der Waals surface area contributed by atoms with Gasteiger partial charge in [0.15, 0.2) is 0 Å². The molecule has 8 nitrogen and oxygen atoms in total. The summed E-state index contributed by atoms with van der Waals surface area (Å²) in [6.07, 6.45) is 0. The highest BCUT2D eigenvalue weighted by molar-refractivity contribution is 6.74. The molecule has 262 valence electrons. The number of β-lactam (4-membered cyclic amide) rings is 2. The first-order valence-electron chi connectivity index (χ1n) is 15.4. The Morgan fingerprint density at radius 2 is 1.02 bits per heavy atom. The van der Waals surface area contributed by atoms with Crippen LogP contribution >= 0.6 is 12.4 Å². The van der Waals surface area contributed by atoms with Crippen LogP contribution in [0.2, 0.25) is 18.1 Å². The van der Waals surface area contributed by atoms with Crippen molar-refractivity contribution in [2.24, 2.45) is 11.5 Å². The summed E-state index contributed by atoms with van der Waals surface area (Å²) in [5, 5.41) is 9.43. The molecular formula is C37H45ClF2N4O4Si. The minimum atomic E-state index is -1.91. The molecular weight excluding hydrogens is 666 g/mol. The molecule has 6 rings (SSSR count). The van der Waals surface area contributed by atoms with Gasteiger partial charge >= 0.3 is 0 Å². The summed E-state index contributed by atoms with van der Waals surface area (Å²) in [5.74, 6) is -0.0611. The zero-order valence-electron chi connectivity index (χ0n) is 27.4. The van der Waals surface area contributed by atoms with Crippen LogP contribution in [0, 0.1) is 11.6 Å². The number of phenols is 1. The van der Waals surface area contributed by atoms with Crippen molar-refractivity contribution in [2.75, 3.05) is 9.80 Å². The van der Waals surface area contributed by atoms with Crippen LogP contribution < -0.4 is 25.7 Å². The monoisotopic (exact) mass is 710 g/mol. The normalized spacial score (nSPS) is 20.1. The Balaban J connectivity index is 0.000000265. The predicted molar refractivity (Wildman–Crippen MR) is 196 cm³/mol. The van der Waals surface area contributed by atoms with Gasteiger partial charge in [0.05, 0.1) is 12.1 Å². The molecule has 2 saturated heterocycles. The number of carbonyl (C=O) groups excluding carboxylic acids is 2. The Morgan fingerprint density at radius 1 is 0.673 bits per heavy atom. The summed E-state index contributed by atoms with van der Waals surface area (Å²) in [6, 6.07) is 24.2. The van der Waals surface area contributed by atoms with E-state index in [1.54, 1.807) is 53.4 Å². The van der Waals surface area contributed by atoms with E-state index in [1.807, 2.05) is 24.3 Å². The maximum atomic E-state index is 13.2. The molecule has 12 heteroatoms. The quantitative estimate of drug-likeness (QED) is 0.140. The molecule has 4 aromatic rings. The number of halogens is 3. The van der Waals surface area contributed by atoms with Gasteiger partial charge in [0.2, 0.25) is 20.1 Å². The van der Waals surface area contributed by atoms with E-state index in [0.29, 0.717) is 11.4 Å². The zero-order valence-corrected chi connectivity index (χ0v) is 29.2. The number of hydrogen-bond acceptors (Lipinski definition) is 6. The first-order chi connectivity index (χ1) is 22.1. The van der Waals surface area contributed by atoms with E-state index in [1.165, 1.54) is 29.2 Å². The van der Waals surface area contributed by atoms with E-state index in [2.05, 4.69) is 33.9 Å². The van der Waals surface area contributed by atoms with E-state index in [0.717, 1.165) is 16.9 Å². The topological polar surface area (TPSA) is 122 Å². The van der Waals surface area contributed by atoms with Crippen LogP contribution in [0.1, 0.15) is 51.4 Å². The van der Waals surface area contributed by atoms with Crippen molar-refractivity contribution in [3.8, 4) is 11.5 Å². The van der Waals surface area contributed by atoms with Gasteiger partial charge in [0, 0.05) is 11.4 Å². The summed E-state index contributed by atoms with van der Waals surface area (Å²) < 4.78 is 32.5. The fourth-order valence-electron chi connectivity index (χ4n) is 5.37. The predicted octanol–water partition coefficient (Wildman–Crippen LogP) is 7.63. The van der Waals surface area contributed by atoms with Crippen LogP contribution in [0.15, 0.2) is 97.1 Å². The summed E-state index contributed by atoms with van der Waals surface area (Å²) in [7, 11) is -1.91. The number of amides is 2.